The van der Waals surface area contributed by atoms with E-state index in [9.17, 15) is 109 Å². The molecule has 6 aliphatic rings. The lowest BCUT2D eigenvalue weighted by Crippen LogP contribution is -2.39. The van der Waals surface area contributed by atoms with E-state index in [0.717, 1.165) is 18.6 Å². The number of esters is 7. The van der Waals surface area contributed by atoms with E-state index in [1.165, 1.54) is 49.2 Å². The SMILES string of the molecule is C=C(C)C(=O)OCOC(=O)NC.CNC(=O)OCOC(=O)CCC(=O)OCOC(=O)ON1C(=O)CCC1=O.CNC(=O)OCOC(=O)CCC(=O)ON1C(=O)CCC1=O.CNC(=O)OCOC(=O)CCCC[C@@H]1SC[C@@H]2NC(=O)N[C@@H]21.CNC(=O)OCOC(=O)CCCC[C@H]1[C@H]2NC(=O)N[C@H]2CS1(=O)=O.CNC(=O)OCOC(=O)CCl. The Labute approximate surface area is 668 Å². The van der Waals surface area contributed by atoms with Gasteiger partial charge in [-0.2, -0.15) is 11.8 Å². The Kier molecular flexibility index (Phi) is 50.0. The number of carbonyl (C=O) groups excluding carboxylic acids is 21. The zero-order valence-corrected chi connectivity index (χ0v) is 66.0. The summed E-state index contributed by atoms with van der Waals surface area (Å²) < 4.78 is 86.9. The Morgan fingerprint density at radius 3 is 1.12 bits per heavy atom. The van der Waals surface area contributed by atoms with Gasteiger partial charge in [-0.1, -0.05) is 24.5 Å². The maximum Gasteiger partial charge on any atom is 0.536 e. The molecular formula is C62H91ClN12O39S2. The zero-order chi connectivity index (χ0) is 87.3. The van der Waals surface area contributed by atoms with Gasteiger partial charge in [0.2, 0.25) is 47.6 Å². The van der Waals surface area contributed by atoms with Gasteiger partial charge < -0.3 is 124 Å². The van der Waals surface area contributed by atoms with E-state index in [1.807, 2.05) is 11.8 Å². The first-order valence-electron chi connectivity index (χ1n) is 34.1. The first kappa shape index (κ1) is 102. The zero-order valence-electron chi connectivity index (χ0n) is 63.6. The maximum atomic E-state index is 12.1. The predicted octanol–water partition coefficient (Wildman–Crippen LogP) is -1.11. The van der Waals surface area contributed by atoms with Gasteiger partial charge in [-0.25, -0.2) is 61.2 Å². The number of thioether (sulfide) groups is 1. The van der Waals surface area contributed by atoms with Crippen molar-refractivity contribution in [2.45, 2.75) is 144 Å². The molecule has 6 saturated heterocycles. The van der Waals surface area contributed by atoms with Crippen LogP contribution in [-0.2, 0) is 143 Å². The van der Waals surface area contributed by atoms with E-state index >= 15 is 0 Å². The van der Waals surface area contributed by atoms with Gasteiger partial charge >= 0.3 is 103 Å². The summed E-state index contributed by atoms with van der Waals surface area (Å²) in [5, 5.41) is 24.6. The van der Waals surface area contributed by atoms with E-state index < -0.39 is 170 Å². The highest BCUT2D eigenvalue weighted by molar-refractivity contribution is 8.00. The molecule has 0 saturated carbocycles. The highest BCUT2D eigenvalue weighted by Gasteiger charge is 2.51. The minimum Gasteiger partial charge on any atom is -0.428 e. The summed E-state index contributed by atoms with van der Waals surface area (Å²) in [7, 11) is 5.01. The largest absolute Gasteiger partial charge is 0.536 e. The fourth-order valence-corrected chi connectivity index (χ4v) is 12.7. The predicted molar refractivity (Wildman–Crippen MR) is 379 cm³/mol. The summed E-state index contributed by atoms with van der Waals surface area (Å²) in [4.78, 5) is 240. The number of ether oxygens (including phenoxy) is 14. The van der Waals surface area contributed by atoms with Crippen molar-refractivity contribution in [3.05, 3.63) is 12.2 Å². The molecule has 0 aliphatic carbocycles. The van der Waals surface area contributed by atoms with Crippen LogP contribution in [-0.4, -0.2) is 287 Å². The van der Waals surface area contributed by atoms with Crippen molar-refractivity contribution in [2.24, 2.45) is 0 Å². The van der Waals surface area contributed by atoms with Crippen LogP contribution in [0.2, 0.25) is 0 Å². The number of nitrogens with one attached hydrogen (secondary N) is 10. The van der Waals surface area contributed by atoms with Crippen molar-refractivity contribution in [1.29, 1.82) is 0 Å². The van der Waals surface area contributed by atoms with Crippen LogP contribution in [0.1, 0.15) is 110 Å². The summed E-state index contributed by atoms with van der Waals surface area (Å²) in [6, 6.07) is -0.779. The quantitative estimate of drug-likeness (QED) is 0.00534. The second-order valence-corrected chi connectivity index (χ2v) is 26.5. The molecule has 652 valence electrons. The van der Waals surface area contributed by atoms with Crippen molar-refractivity contribution in [1.82, 2.24) is 63.3 Å². The second-order valence-electron chi connectivity index (χ2n) is 22.7. The van der Waals surface area contributed by atoms with Crippen molar-refractivity contribution in [3.63, 3.8) is 0 Å². The van der Waals surface area contributed by atoms with Crippen LogP contribution in [0.5, 0.6) is 0 Å². The number of rotatable bonds is 34. The summed E-state index contributed by atoms with van der Waals surface area (Å²) in [5.74, 6) is -7.50. The number of alkyl halides is 1. The number of hydroxylamine groups is 4. The number of nitrogens with zero attached hydrogens (tertiary/aromatic N) is 2. The van der Waals surface area contributed by atoms with E-state index in [2.05, 4.69) is 126 Å². The fraction of sp³-hybridized carbons (Fsp3) is 0.629. The normalized spacial score (nSPS) is 17.6. The lowest BCUT2D eigenvalue weighted by atomic mass is 10.0. The average Bonchev–Trinajstić information content (AvgIpc) is 1.62. The summed E-state index contributed by atoms with van der Waals surface area (Å²) in [6.45, 7) is 1.17. The molecular weight excluding hydrogens is 1640 g/mol. The minimum absolute atomic E-state index is 0.00894. The van der Waals surface area contributed by atoms with Gasteiger partial charge in [-0.3, -0.25) is 52.8 Å². The minimum atomic E-state index is -3.25. The molecule has 10 N–H and O–H groups in total. The van der Waals surface area contributed by atoms with E-state index in [0.29, 0.717) is 42.4 Å². The second kappa shape index (κ2) is 56.9. The van der Waals surface area contributed by atoms with Crippen LogP contribution < -0.4 is 53.2 Å². The van der Waals surface area contributed by atoms with Crippen LogP contribution >= 0.6 is 23.4 Å². The number of urea groups is 2. The molecule has 0 spiro atoms. The summed E-state index contributed by atoms with van der Waals surface area (Å²) >= 11 is 6.93. The molecule has 6 heterocycles. The smallest absolute Gasteiger partial charge is 0.428 e. The molecule has 6 atom stereocenters. The standard InChI is InChI=1S/C13H21N3O7S.C13H21N3O5S.C13H16N2O11.C11H14N2O8.C7H11NO4.C5H8ClNO4/c1-14-13(19)23-7-22-10(17)5-3-2-4-9-11-8(6-24(9,20)21)15-12(18)16-11;1-14-13(19)21-7-20-10(17)5-3-2-4-9-11-8(6-22-9)15-12(18)16-11;1-14-12(20)24-6-22-10(18)4-5-11(19)23-7-25-13(21)26-15-8(16)2-3-9(15)17;1-12-11(18)20-6-19-9(16)4-5-10(17)21-13-7(14)2-3-8(13)15;1-5(2)6(9)11-4-12-7(10)8-3;1-7-5(9)11-3-10-4(8)2-6/h8-9,11H,2-7H2,1H3,(H,14,19)(H2,15,16,18);8-9,11H,2-7H2,1H3,(H,14,19)(H2,15,16,18);2-7H2,1H3,(H,14,20);2-6H2,1H3,(H,12,18);1,4H2,2-3H3,(H,8,10);2-3H2,1H3,(H,7,9)/t2*8-,9-,11-;;;;/m00..../s1. The number of alkyl carbamates (subject to hydrolysis) is 6. The Bertz CT molecular complexity index is 3510. The third kappa shape index (κ3) is 43.7. The van der Waals surface area contributed by atoms with Gasteiger partial charge in [-0.15, -0.1) is 16.7 Å². The van der Waals surface area contributed by atoms with Gasteiger partial charge in [0.1, 0.15) is 5.88 Å². The number of hydrogen-bond acceptors (Lipinski definition) is 40. The molecule has 14 amide bonds. The highest BCUT2D eigenvalue weighted by atomic mass is 35.5. The monoisotopic (exact) mass is 1730 g/mol. The van der Waals surface area contributed by atoms with Gasteiger partial charge in [0, 0.05) is 97.4 Å². The van der Waals surface area contributed by atoms with Gasteiger partial charge in [0.05, 0.1) is 60.9 Å². The number of hydrogen-bond donors (Lipinski definition) is 10. The molecule has 0 radical (unpaired) electrons. The number of carbonyl (C=O) groups is 21. The Morgan fingerprint density at radius 2 is 0.741 bits per heavy atom. The number of amides is 14. The van der Waals surface area contributed by atoms with Crippen LogP contribution in [0.3, 0.4) is 0 Å². The lowest BCUT2D eigenvalue weighted by molar-refractivity contribution is -0.197. The van der Waals surface area contributed by atoms with Crippen LogP contribution in [0.25, 0.3) is 0 Å². The molecule has 116 heavy (non-hydrogen) atoms. The molecule has 0 bridgehead atoms. The topological polar surface area (TPSA) is 667 Å². The van der Waals surface area contributed by atoms with E-state index in [1.54, 1.807) is 0 Å². The summed E-state index contributed by atoms with van der Waals surface area (Å²) in [6.07, 6.45) is -2.97. The molecule has 6 aliphatic heterocycles. The third-order valence-corrected chi connectivity index (χ3v) is 18.4. The Balaban J connectivity index is 0.000000712. The van der Waals surface area contributed by atoms with Gasteiger partial charge in [0.15, 0.2) is 9.84 Å². The van der Waals surface area contributed by atoms with Gasteiger partial charge in [-0.05, 0) is 32.6 Å². The van der Waals surface area contributed by atoms with Crippen molar-refractivity contribution >= 4 is 159 Å². The molecule has 6 fully saturated rings. The van der Waals surface area contributed by atoms with E-state index in [-0.39, 0.29) is 123 Å². The number of imide groups is 2. The molecule has 0 aromatic heterocycles. The third-order valence-electron chi connectivity index (χ3n) is 14.4. The van der Waals surface area contributed by atoms with Crippen molar-refractivity contribution in [2.75, 3.05) is 107 Å². The van der Waals surface area contributed by atoms with Crippen LogP contribution in [0.4, 0.5) is 43.2 Å². The number of sulfone groups is 1. The first-order valence-corrected chi connectivity index (χ1v) is 37.4. The molecule has 6 rings (SSSR count). The van der Waals surface area contributed by atoms with Crippen molar-refractivity contribution < 1.29 is 185 Å². The van der Waals surface area contributed by atoms with Crippen molar-refractivity contribution in [3.8, 4) is 0 Å². The molecule has 51 nitrogen and oxygen atoms in total. The van der Waals surface area contributed by atoms with Crippen LogP contribution in [0.15, 0.2) is 12.2 Å². The average molecular weight is 1730 g/mol. The Hall–Kier alpha value is -12.2. The maximum absolute atomic E-state index is 12.1. The fourth-order valence-electron chi connectivity index (χ4n) is 8.83. The highest BCUT2D eigenvalue weighted by Crippen LogP contribution is 2.33. The van der Waals surface area contributed by atoms with E-state index in [4.69, 9.17) is 21.1 Å². The molecule has 54 heteroatoms. The molecule has 0 aromatic rings. The lowest BCUT2D eigenvalue weighted by Gasteiger charge is -2.16. The van der Waals surface area contributed by atoms with Gasteiger partial charge in [0.25, 0.3) is 23.6 Å². The Morgan fingerprint density at radius 1 is 0.414 bits per heavy atom. The number of unbranched alkanes of at least 4 members (excludes halogenated alkanes) is 2. The number of halogens is 1. The summed E-state index contributed by atoms with van der Waals surface area (Å²) in [5.41, 5.74) is 0.260. The molecule has 0 aromatic carbocycles. The number of fused-ring (bicyclic) bond motifs is 2. The molecule has 0 unspecified atom stereocenters. The van der Waals surface area contributed by atoms with Crippen LogP contribution in [0, 0.1) is 0 Å². The first-order chi connectivity index (χ1) is 55.0.